The van der Waals surface area contributed by atoms with Crippen molar-refractivity contribution in [3.63, 3.8) is 0 Å². The zero-order valence-electron chi connectivity index (χ0n) is 5.89. The quantitative estimate of drug-likeness (QED) is 0.477. The SMILES string of the molecule is C=C[N+](C)(C)C=CC. The molecule has 0 aromatic rings. The summed E-state index contributed by atoms with van der Waals surface area (Å²) in [6.07, 6.45) is 5.95. The Morgan fingerprint density at radius 1 is 1.38 bits per heavy atom. The second kappa shape index (κ2) is 2.68. The van der Waals surface area contributed by atoms with Crippen molar-refractivity contribution in [1.82, 2.24) is 0 Å². The summed E-state index contributed by atoms with van der Waals surface area (Å²) in [6, 6.07) is 0. The van der Waals surface area contributed by atoms with E-state index in [-0.39, 0.29) is 0 Å². The Kier molecular flexibility index (Phi) is 2.49. The monoisotopic (exact) mass is 112 g/mol. The van der Waals surface area contributed by atoms with E-state index < -0.39 is 0 Å². The molecule has 46 valence electrons. The smallest absolute Gasteiger partial charge is 0.0956 e. The van der Waals surface area contributed by atoms with E-state index in [9.17, 15) is 0 Å². The predicted octanol–water partition coefficient (Wildman–Crippen LogP) is 1.74. The highest BCUT2D eigenvalue weighted by Gasteiger charge is 2.00. The van der Waals surface area contributed by atoms with Crippen LogP contribution < -0.4 is 0 Å². The fraction of sp³-hybridized carbons (Fsp3) is 0.429. The van der Waals surface area contributed by atoms with E-state index >= 15 is 0 Å². The van der Waals surface area contributed by atoms with Crippen molar-refractivity contribution in [3.8, 4) is 0 Å². The van der Waals surface area contributed by atoms with Gasteiger partial charge < -0.3 is 0 Å². The first-order chi connectivity index (χ1) is 3.62. The minimum Gasteiger partial charge on any atom is -0.277 e. The molecule has 1 heteroatoms. The van der Waals surface area contributed by atoms with E-state index in [1.807, 2.05) is 19.2 Å². The predicted molar refractivity (Wildman–Crippen MR) is 37.1 cm³/mol. The van der Waals surface area contributed by atoms with Crippen LogP contribution in [0.1, 0.15) is 6.92 Å². The van der Waals surface area contributed by atoms with Crippen molar-refractivity contribution < 1.29 is 4.48 Å². The van der Waals surface area contributed by atoms with Gasteiger partial charge in [-0.05, 0) is 19.6 Å². The van der Waals surface area contributed by atoms with Crippen LogP contribution in [0.3, 0.4) is 0 Å². The summed E-state index contributed by atoms with van der Waals surface area (Å²) < 4.78 is 0.747. The Hall–Kier alpha value is -0.560. The highest BCUT2D eigenvalue weighted by atomic mass is 15.3. The van der Waals surface area contributed by atoms with Crippen LogP contribution in [0.2, 0.25) is 0 Å². The molecule has 0 saturated carbocycles. The lowest BCUT2D eigenvalue weighted by Gasteiger charge is -2.17. The Morgan fingerprint density at radius 3 is 2.00 bits per heavy atom. The molecule has 0 heterocycles. The number of hydrogen-bond donors (Lipinski definition) is 0. The van der Waals surface area contributed by atoms with Crippen molar-refractivity contribution >= 4 is 0 Å². The number of rotatable bonds is 2. The minimum absolute atomic E-state index is 0.747. The second-order valence-corrected chi connectivity index (χ2v) is 2.29. The van der Waals surface area contributed by atoms with Gasteiger partial charge in [0.25, 0.3) is 0 Å². The molecule has 0 rings (SSSR count). The number of hydrogen-bond acceptors (Lipinski definition) is 0. The molecule has 0 atom stereocenters. The van der Waals surface area contributed by atoms with E-state index in [0.29, 0.717) is 0 Å². The third-order valence-corrected chi connectivity index (χ3v) is 1.00. The average molecular weight is 112 g/mol. The molecule has 0 saturated heterocycles. The maximum atomic E-state index is 3.67. The molecule has 0 fully saturated rings. The van der Waals surface area contributed by atoms with E-state index in [1.54, 1.807) is 0 Å². The molecule has 0 amide bonds. The molecule has 0 aromatic heterocycles. The lowest BCUT2D eigenvalue weighted by molar-refractivity contribution is -0.783. The molecule has 0 bridgehead atoms. The van der Waals surface area contributed by atoms with Crippen molar-refractivity contribution in [3.05, 3.63) is 25.1 Å². The number of allylic oxidation sites excluding steroid dienone is 1. The van der Waals surface area contributed by atoms with E-state index in [2.05, 4.69) is 26.9 Å². The maximum absolute atomic E-state index is 3.67. The summed E-state index contributed by atoms with van der Waals surface area (Å²) in [5.74, 6) is 0. The molecule has 0 aliphatic rings. The lowest BCUT2D eigenvalue weighted by Crippen LogP contribution is -2.24. The molecule has 0 N–H and O–H groups in total. The molecule has 8 heavy (non-hydrogen) atoms. The minimum atomic E-state index is 0.747. The molecule has 0 spiro atoms. The second-order valence-electron chi connectivity index (χ2n) is 2.29. The highest BCUT2D eigenvalue weighted by molar-refractivity contribution is 4.69. The summed E-state index contributed by atoms with van der Waals surface area (Å²) in [7, 11) is 4.12. The first kappa shape index (κ1) is 7.44. The third-order valence-electron chi connectivity index (χ3n) is 1.00. The Morgan fingerprint density at radius 2 is 1.88 bits per heavy atom. The lowest BCUT2D eigenvalue weighted by atomic mass is 10.5. The molecular formula is C7H14N+. The van der Waals surface area contributed by atoms with Gasteiger partial charge in [0.2, 0.25) is 0 Å². The Balaban J connectivity index is 3.90. The fourth-order valence-corrected chi connectivity index (χ4v) is 0.445. The molecule has 0 radical (unpaired) electrons. The van der Waals surface area contributed by atoms with Crippen LogP contribution in [-0.2, 0) is 0 Å². The summed E-state index contributed by atoms with van der Waals surface area (Å²) in [5, 5.41) is 0. The van der Waals surface area contributed by atoms with Gasteiger partial charge in [-0.15, -0.1) is 0 Å². The van der Waals surface area contributed by atoms with Gasteiger partial charge in [0.05, 0.1) is 26.5 Å². The zero-order chi connectivity index (χ0) is 6.62. The van der Waals surface area contributed by atoms with Gasteiger partial charge in [0.1, 0.15) is 0 Å². The molecule has 0 aliphatic heterocycles. The van der Waals surface area contributed by atoms with Gasteiger partial charge >= 0.3 is 0 Å². The first-order valence-corrected chi connectivity index (χ1v) is 2.73. The van der Waals surface area contributed by atoms with Crippen molar-refractivity contribution in [2.24, 2.45) is 0 Å². The molecular weight excluding hydrogens is 98.1 g/mol. The van der Waals surface area contributed by atoms with Gasteiger partial charge in [-0.2, -0.15) is 0 Å². The van der Waals surface area contributed by atoms with Crippen molar-refractivity contribution in [2.75, 3.05) is 14.1 Å². The van der Waals surface area contributed by atoms with Crippen LogP contribution in [0.15, 0.2) is 25.1 Å². The summed E-state index contributed by atoms with van der Waals surface area (Å²) in [6.45, 7) is 5.68. The van der Waals surface area contributed by atoms with Crippen LogP contribution >= 0.6 is 0 Å². The van der Waals surface area contributed by atoms with Gasteiger partial charge in [0.15, 0.2) is 0 Å². The van der Waals surface area contributed by atoms with Crippen LogP contribution in [0.25, 0.3) is 0 Å². The standard InChI is InChI=1S/C7H14N/c1-5-7-8(3,4)6-2/h5-7H,2H2,1,3-4H3/q+1. The number of quaternary nitrogens is 1. The average Bonchev–Trinajstić information content (AvgIpc) is 1.67. The highest BCUT2D eigenvalue weighted by Crippen LogP contribution is 1.96. The summed E-state index contributed by atoms with van der Waals surface area (Å²) in [4.78, 5) is 0. The van der Waals surface area contributed by atoms with E-state index in [4.69, 9.17) is 0 Å². The molecule has 1 nitrogen and oxygen atoms in total. The van der Waals surface area contributed by atoms with E-state index in [0.717, 1.165) is 4.48 Å². The molecule has 0 aliphatic carbocycles. The molecule has 0 unspecified atom stereocenters. The van der Waals surface area contributed by atoms with Gasteiger partial charge in [-0.25, -0.2) is 0 Å². The maximum Gasteiger partial charge on any atom is 0.0956 e. The Bertz CT molecular complexity index is 101. The van der Waals surface area contributed by atoms with Crippen LogP contribution in [0.5, 0.6) is 0 Å². The Labute approximate surface area is 51.5 Å². The first-order valence-electron chi connectivity index (χ1n) is 2.73. The van der Waals surface area contributed by atoms with Crippen LogP contribution in [0, 0.1) is 0 Å². The van der Waals surface area contributed by atoms with E-state index in [1.165, 1.54) is 0 Å². The van der Waals surface area contributed by atoms with Crippen molar-refractivity contribution in [1.29, 1.82) is 0 Å². The summed E-state index contributed by atoms with van der Waals surface area (Å²) >= 11 is 0. The largest absolute Gasteiger partial charge is 0.277 e. The zero-order valence-corrected chi connectivity index (χ0v) is 5.89. The van der Waals surface area contributed by atoms with Crippen molar-refractivity contribution in [2.45, 2.75) is 6.92 Å². The normalized spacial score (nSPS) is 12.4. The number of nitrogens with zero attached hydrogens (tertiary/aromatic N) is 1. The molecule has 0 aromatic carbocycles. The third kappa shape index (κ3) is 2.59. The topological polar surface area (TPSA) is 0 Å². The van der Waals surface area contributed by atoms with Crippen LogP contribution in [0.4, 0.5) is 0 Å². The summed E-state index contributed by atoms with van der Waals surface area (Å²) in [5.41, 5.74) is 0. The van der Waals surface area contributed by atoms with Gasteiger partial charge in [-0.1, -0.05) is 0 Å². The van der Waals surface area contributed by atoms with Gasteiger partial charge in [0, 0.05) is 0 Å². The fourth-order valence-electron chi connectivity index (χ4n) is 0.445. The van der Waals surface area contributed by atoms with Gasteiger partial charge in [-0.3, -0.25) is 4.48 Å². The van der Waals surface area contributed by atoms with Crippen LogP contribution in [-0.4, -0.2) is 18.6 Å².